The predicted octanol–water partition coefficient (Wildman–Crippen LogP) is -1.68. The van der Waals surface area contributed by atoms with Crippen LogP contribution in [0.3, 0.4) is 0 Å². The van der Waals surface area contributed by atoms with Crippen molar-refractivity contribution in [2.24, 2.45) is 0 Å². The molecule has 3 saturated heterocycles. The lowest BCUT2D eigenvalue weighted by Gasteiger charge is -2.54. The predicted molar refractivity (Wildman–Crippen MR) is 164 cm³/mol. The molecule has 0 radical (unpaired) electrons. The van der Waals surface area contributed by atoms with Gasteiger partial charge in [0.15, 0.2) is 11.6 Å². The maximum Gasteiger partial charge on any atom is 0.354 e. The second-order valence-electron chi connectivity index (χ2n) is 12.8. The monoisotopic (exact) mass is 640 g/mol. The standard InChI is InChI=1S/C26H34N14O6/c27-23-21(37(43)44)25-29-17(13-19(41)35(25)31-23)15-33-1-5-39(6-2-33)9-11-40(12-10-39)7-3-34(4-8-40)16-18-14-20(42)36-26(30-18)22(38(45)46)24(28)32-36/h13-14H,1-12,15-16H2,(H4-2,27,28,29,30,31,32,41,42)/p+2. The minimum Gasteiger partial charge on any atom is -0.378 e. The van der Waals surface area contributed by atoms with E-state index in [1.54, 1.807) is 0 Å². The fraction of sp³-hybridized carbons (Fsp3) is 0.538. The maximum absolute atomic E-state index is 12.6. The number of fused-ring (bicyclic) bond motifs is 2. The van der Waals surface area contributed by atoms with Crippen LogP contribution >= 0.6 is 0 Å². The van der Waals surface area contributed by atoms with Gasteiger partial charge in [0.1, 0.15) is 26.2 Å². The van der Waals surface area contributed by atoms with Crippen LogP contribution in [0.2, 0.25) is 0 Å². The van der Waals surface area contributed by atoms with Crippen LogP contribution in [0.25, 0.3) is 11.3 Å². The summed E-state index contributed by atoms with van der Waals surface area (Å²) in [6.07, 6.45) is 0. The molecule has 20 heteroatoms. The SMILES string of the molecule is Nc1[nH]n2c(=O)cc(CN3CC[N+]4(CC3)CC[N+]3(CCN(Cc5cc(=O)n6[nH]c(N)c([N+](=O)[O-])c6n5)CC3)CC4)nc2c1[N+](=O)[O-]. The first-order valence-corrected chi connectivity index (χ1v) is 15.2. The Balaban J connectivity index is 0.934. The van der Waals surface area contributed by atoms with Crippen LogP contribution in [-0.2, 0) is 13.1 Å². The number of nitrogen functional groups attached to an aromatic ring is 2. The van der Waals surface area contributed by atoms with Crippen molar-refractivity contribution in [3.63, 3.8) is 0 Å². The molecule has 4 aromatic rings. The minimum atomic E-state index is -0.631. The van der Waals surface area contributed by atoms with Gasteiger partial charge in [0.25, 0.3) is 11.1 Å². The Morgan fingerprint density at radius 1 is 0.674 bits per heavy atom. The Kier molecular flexibility index (Phi) is 7.03. The van der Waals surface area contributed by atoms with Gasteiger partial charge in [0.2, 0.25) is 11.3 Å². The molecule has 0 unspecified atom stereocenters. The fourth-order valence-electron chi connectivity index (χ4n) is 7.31. The average molecular weight is 641 g/mol. The summed E-state index contributed by atoms with van der Waals surface area (Å²) in [6.45, 7) is 12.5. The van der Waals surface area contributed by atoms with Gasteiger partial charge in [-0.15, -0.1) is 0 Å². The van der Waals surface area contributed by atoms with Gasteiger partial charge in [-0.25, -0.2) is 9.97 Å². The van der Waals surface area contributed by atoms with Gasteiger partial charge >= 0.3 is 11.4 Å². The zero-order valence-corrected chi connectivity index (χ0v) is 25.1. The summed E-state index contributed by atoms with van der Waals surface area (Å²) >= 11 is 0. The van der Waals surface area contributed by atoms with E-state index in [9.17, 15) is 29.8 Å². The van der Waals surface area contributed by atoms with E-state index in [1.165, 1.54) is 12.1 Å². The van der Waals surface area contributed by atoms with Crippen molar-refractivity contribution in [2.45, 2.75) is 13.1 Å². The van der Waals surface area contributed by atoms with E-state index in [0.717, 1.165) is 96.5 Å². The van der Waals surface area contributed by atoms with Crippen molar-refractivity contribution in [3.05, 3.63) is 64.5 Å². The van der Waals surface area contributed by atoms with Gasteiger partial charge in [-0.3, -0.25) is 49.8 Å². The second-order valence-corrected chi connectivity index (χ2v) is 12.8. The summed E-state index contributed by atoms with van der Waals surface area (Å²) in [4.78, 5) is 60.1. The third-order valence-electron chi connectivity index (χ3n) is 10.1. The Bertz CT molecular complexity index is 1820. The van der Waals surface area contributed by atoms with Crippen molar-refractivity contribution >= 4 is 34.3 Å². The summed E-state index contributed by atoms with van der Waals surface area (Å²) in [6, 6.07) is 2.79. The topological polar surface area (TPSA) is 245 Å². The third-order valence-corrected chi connectivity index (χ3v) is 10.1. The van der Waals surface area contributed by atoms with Crippen LogP contribution in [0.15, 0.2) is 21.7 Å². The van der Waals surface area contributed by atoms with Crippen molar-refractivity contribution in [1.29, 1.82) is 0 Å². The van der Waals surface area contributed by atoms with E-state index in [-0.39, 0.29) is 22.9 Å². The Morgan fingerprint density at radius 2 is 1.02 bits per heavy atom. The fourth-order valence-corrected chi connectivity index (χ4v) is 7.31. The second kappa shape index (κ2) is 10.9. The Morgan fingerprint density at radius 3 is 1.35 bits per heavy atom. The van der Waals surface area contributed by atoms with Crippen LogP contribution in [0.4, 0.5) is 23.0 Å². The van der Waals surface area contributed by atoms with E-state index in [2.05, 4.69) is 30.0 Å². The molecule has 7 rings (SSSR count). The molecular weight excluding hydrogens is 604 g/mol. The number of hydrogen-bond donors (Lipinski definition) is 4. The third kappa shape index (κ3) is 5.13. The molecule has 2 spiro atoms. The van der Waals surface area contributed by atoms with E-state index in [4.69, 9.17) is 11.5 Å². The molecule has 6 N–H and O–H groups in total. The van der Waals surface area contributed by atoms with Crippen LogP contribution in [-0.4, -0.2) is 136 Å². The van der Waals surface area contributed by atoms with E-state index < -0.39 is 32.3 Å². The summed E-state index contributed by atoms with van der Waals surface area (Å²) in [7, 11) is 0. The molecular formula is C26H36N14O6+2. The molecule has 0 saturated carbocycles. The van der Waals surface area contributed by atoms with Gasteiger partial charge < -0.3 is 20.4 Å². The number of nitro groups is 2. The first-order valence-electron chi connectivity index (χ1n) is 15.2. The summed E-state index contributed by atoms with van der Waals surface area (Å²) in [5.74, 6) is -0.406. The number of anilines is 2. The number of hydrogen-bond acceptors (Lipinski definition) is 12. The zero-order chi connectivity index (χ0) is 32.4. The molecule has 0 aliphatic carbocycles. The largest absolute Gasteiger partial charge is 0.378 e. The number of nitrogens with two attached hydrogens (primary N) is 2. The molecule has 20 nitrogen and oxygen atoms in total. The van der Waals surface area contributed by atoms with Gasteiger partial charge in [0.05, 0.1) is 47.4 Å². The highest BCUT2D eigenvalue weighted by atomic mass is 16.6. The number of aromatic nitrogens is 6. The first-order chi connectivity index (χ1) is 21.9. The van der Waals surface area contributed by atoms with Crippen molar-refractivity contribution in [1.82, 2.24) is 39.0 Å². The molecule has 0 aromatic carbocycles. The molecule has 4 aromatic heterocycles. The highest BCUT2D eigenvalue weighted by molar-refractivity contribution is 5.71. The highest BCUT2D eigenvalue weighted by Gasteiger charge is 2.45. The first kappa shape index (κ1) is 29.8. The molecule has 0 amide bonds. The molecule has 3 aliphatic heterocycles. The lowest BCUT2D eigenvalue weighted by molar-refractivity contribution is -1.03. The van der Waals surface area contributed by atoms with Gasteiger partial charge in [-0.1, -0.05) is 0 Å². The smallest absolute Gasteiger partial charge is 0.354 e. The normalized spacial score (nSPS) is 20.2. The number of quaternary nitrogens is 2. The Hall–Kier alpha value is -4.92. The van der Waals surface area contributed by atoms with E-state index in [0.29, 0.717) is 24.5 Å². The molecule has 0 atom stereocenters. The molecule has 7 heterocycles. The van der Waals surface area contributed by atoms with Gasteiger partial charge in [-0.05, 0) is 0 Å². The van der Waals surface area contributed by atoms with Crippen LogP contribution in [0.1, 0.15) is 11.4 Å². The molecule has 0 bridgehead atoms. The molecule has 46 heavy (non-hydrogen) atoms. The lowest BCUT2D eigenvalue weighted by Crippen LogP contribution is -2.73. The van der Waals surface area contributed by atoms with Crippen molar-refractivity contribution in [2.75, 3.05) is 90.0 Å². The van der Waals surface area contributed by atoms with Crippen LogP contribution < -0.4 is 22.6 Å². The number of H-pyrrole nitrogens is 2. The van der Waals surface area contributed by atoms with Crippen molar-refractivity contribution < 1.29 is 18.8 Å². The van der Waals surface area contributed by atoms with Crippen molar-refractivity contribution in [3.8, 4) is 0 Å². The molecule has 3 fully saturated rings. The van der Waals surface area contributed by atoms with Gasteiger partial charge in [0, 0.05) is 51.4 Å². The van der Waals surface area contributed by atoms with Crippen LogP contribution in [0, 0.1) is 20.2 Å². The van der Waals surface area contributed by atoms with E-state index >= 15 is 0 Å². The van der Waals surface area contributed by atoms with Crippen LogP contribution in [0.5, 0.6) is 0 Å². The lowest BCUT2D eigenvalue weighted by atomic mass is 10.1. The van der Waals surface area contributed by atoms with E-state index in [1.807, 2.05) is 0 Å². The summed E-state index contributed by atoms with van der Waals surface area (Å²) < 4.78 is 4.12. The number of nitrogens with one attached hydrogen (secondary N) is 2. The minimum absolute atomic E-state index is 0.0723. The Labute approximate surface area is 259 Å². The highest BCUT2D eigenvalue weighted by Crippen LogP contribution is 2.27. The number of nitrogens with zero attached hydrogens (tertiary/aromatic N) is 10. The summed E-state index contributed by atoms with van der Waals surface area (Å²) in [5, 5.41) is 28.0. The molecule has 244 valence electrons. The number of rotatable bonds is 6. The quantitative estimate of drug-likeness (QED) is 0.105. The zero-order valence-electron chi connectivity index (χ0n) is 25.1. The summed E-state index contributed by atoms with van der Waals surface area (Å²) in [5.41, 5.74) is 10.6. The van der Waals surface area contributed by atoms with Gasteiger partial charge in [-0.2, -0.15) is 9.03 Å². The number of piperazine rings is 3. The maximum atomic E-state index is 12.6. The molecule has 3 aliphatic rings. The average Bonchev–Trinajstić information content (AvgIpc) is 3.53. The number of aromatic amines is 2.